The van der Waals surface area contributed by atoms with Crippen LogP contribution >= 0.6 is 0 Å². The maximum absolute atomic E-state index is 14.6. The Balaban J connectivity index is 1.57. The van der Waals surface area contributed by atoms with Crippen molar-refractivity contribution in [1.82, 2.24) is 9.88 Å². The van der Waals surface area contributed by atoms with E-state index in [2.05, 4.69) is 23.4 Å². The van der Waals surface area contributed by atoms with Gasteiger partial charge in [0.1, 0.15) is 36.1 Å². The maximum atomic E-state index is 14.6. The lowest BCUT2D eigenvalue weighted by atomic mass is 9.69. The number of aliphatic hydroxyl groups excluding tert-OH is 1. The minimum absolute atomic E-state index is 0.0480. The Bertz CT molecular complexity index is 1800. The predicted molar refractivity (Wildman–Crippen MR) is 209 cm³/mol. The number of cyclic esters (lactones) is 1. The van der Waals surface area contributed by atoms with E-state index < -0.39 is 77.1 Å². The van der Waals surface area contributed by atoms with Crippen molar-refractivity contribution in [2.75, 3.05) is 27.3 Å². The van der Waals surface area contributed by atoms with Crippen molar-refractivity contribution in [3.05, 3.63) is 54.2 Å². The molecule has 3 saturated heterocycles. The molecule has 4 heterocycles. The predicted octanol–water partition coefficient (Wildman–Crippen LogP) is 5.54. The van der Waals surface area contributed by atoms with Crippen molar-refractivity contribution in [2.45, 2.75) is 123 Å². The molecule has 1 N–H and O–H groups in total. The Kier molecular flexibility index (Phi) is 13.4. The summed E-state index contributed by atoms with van der Waals surface area (Å²) in [6, 6.07) is 9.31. The molecule has 1 aromatic carbocycles. The standard InChI is InChI=1S/C44H60N2O9/c1-12-35-44(9)36(26(3)24-52-44)28(5)37(47)25(2)23-43(8,51-20-14-15-31-17-18-33-32(22-31)16-13-19-45-33)40(29(6)38(48)30(7)41(50)54-35)55-42-39(49)34(46(10)11)21-27(4)53-42/h13,16-19,22,25,27-30,34-36,39-40,42,49H,3,12,20-21,23-24H2,1-2,4-11H3/t25?,27-,28?,29-,30+,34?,35?,36?,39-,40+,42+,43?,44+/m0/s1. The van der Waals surface area contributed by atoms with Crippen LogP contribution in [-0.4, -0.2) is 108 Å². The third kappa shape index (κ3) is 8.90. The van der Waals surface area contributed by atoms with E-state index in [9.17, 15) is 19.5 Å². The average Bonchev–Trinajstić information content (AvgIpc) is 3.47. The molecule has 3 aliphatic heterocycles. The number of benzene rings is 1. The second-order valence-electron chi connectivity index (χ2n) is 16.6. The molecule has 3 aliphatic rings. The summed E-state index contributed by atoms with van der Waals surface area (Å²) in [4.78, 5) is 49.2. The van der Waals surface area contributed by atoms with Crippen LogP contribution in [0.25, 0.3) is 10.9 Å². The first-order chi connectivity index (χ1) is 25.9. The summed E-state index contributed by atoms with van der Waals surface area (Å²) in [5.74, 6) is 1.43. The number of nitrogens with zero attached hydrogens (tertiary/aromatic N) is 2. The number of ether oxygens (including phenoxy) is 5. The first-order valence-corrected chi connectivity index (χ1v) is 19.6. The summed E-state index contributed by atoms with van der Waals surface area (Å²) in [5, 5.41) is 12.5. The Morgan fingerprint density at radius 3 is 2.47 bits per heavy atom. The van der Waals surface area contributed by atoms with E-state index >= 15 is 0 Å². The van der Waals surface area contributed by atoms with Crippen molar-refractivity contribution in [3.63, 3.8) is 0 Å². The van der Waals surface area contributed by atoms with Gasteiger partial charge in [-0.2, -0.15) is 0 Å². The summed E-state index contributed by atoms with van der Waals surface area (Å²) >= 11 is 0. The van der Waals surface area contributed by atoms with Gasteiger partial charge in [-0.15, -0.1) is 0 Å². The number of aromatic nitrogens is 1. The van der Waals surface area contributed by atoms with E-state index in [1.165, 1.54) is 0 Å². The van der Waals surface area contributed by atoms with E-state index in [0.717, 1.165) is 22.0 Å². The quantitative estimate of drug-likeness (QED) is 0.172. The van der Waals surface area contributed by atoms with Crippen LogP contribution < -0.4 is 0 Å². The molecule has 0 amide bonds. The summed E-state index contributed by atoms with van der Waals surface area (Å²) in [6.07, 6.45) is -1.40. The summed E-state index contributed by atoms with van der Waals surface area (Å²) < 4.78 is 32.1. The van der Waals surface area contributed by atoms with Gasteiger partial charge in [-0.05, 0) is 90.9 Å². The van der Waals surface area contributed by atoms with Gasteiger partial charge in [-0.1, -0.05) is 52.2 Å². The highest BCUT2D eigenvalue weighted by atomic mass is 16.7. The average molecular weight is 761 g/mol. The van der Waals surface area contributed by atoms with Crippen LogP contribution in [0.1, 0.15) is 80.2 Å². The zero-order valence-corrected chi connectivity index (χ0v) is 34.2. The summed E-state index contributed by atoms with van der Waals surface area (Å²) in [6.45, 7) is 18.9. The van der Waals surface area contributed by atoms with E-state index in [4.69, 9.17) is 23.7 Å². The van der Waals surface area contributed by atoms with Crippen LogP contribution in [-0.2, 0) is 38.1 Å². The number of hydrogen-bond acceptors (Lipinski definition) is 11. The number of carbonyl (C=O) groups is 3. The van der Waals surface area contributed by atoms with Crippen LogP contribution in [0.5, 0.6) is 0 Å². The van der Waals surface area contributed by atoms with Crippen LogP contribution in [0.3, 0.4) is 0 Å². The number of hydrogen-bond donors (Lipinski definition) is 1. The molecule has 0 saturated carbocycles. The lowest BCUT2D eigenvalue weighted by Gasteiger charge is -2.47. The Hall–Kier alpha value is -3.50. The number of pyridine rings is 1. The largest absolute Gasteiger partial charge is 0.459 e. The van der Waals surface area contributed by atoms with Crippen molar-refractivity contribution in [3.8, 4) is 11.8 Å². The Morgan fingerprint density at radius 1 is 1.05 bits per heavy atom. The van der Waals surface area contributed by atoms with E-state index in [0.29, 0.717) is 12.8 Å². The molecule has 6 unspecified atom stereocenters. The van der Waals surface area contributed by atoms with Gasteiger partial charge < -0.3 is 33.7 Å². The number of aliphatic hydroxyl groups is 1. The SMILES string of the molecule is C=C1CO[C@]2(C)C(CC)OC(=O)[C@H](C)C(=O)[C@H](C)[C@@H](O[C@H]3O[C@@H](C)CC(N(C)C)[C@@H]3O)C(C)(OCC#Cc3ccc4ncccc4c3)CC(C)C(=O)C(C)C12. The van der Waals surface area contributed by atoms with E-state index in [-0.39, 0.29) is 37.6 Å². The fourth-order valence-corrected chi connectivity index (χ4v) is 9.15. The van der Waals surface area contributed by atoms with Crippen LogP contribution in [0.4, 0.5) is 0 Å². The van der Waals surface area contributed by atoms with E-state index in [1.54, 1.807) is 20.0 Å². The molecule has 55 heavy (non-hydrogen) atoms. The van der Waals surface area contributed by atoms with Gasteiger partial charge in [-0.3, -0.25) is 19.4 Å². The molecule has 2 aromatic rings. The molecule has 1 aromatic heterocycles. The normalized spacial score (nSPS) is 37.9. The van der Waals surface area contributed by atoms with Gasteiger partial charge in [0, 0.05) is 46.9 Å². The molecule has 0 spiro atoms. The van der Waals surface area contributed by atoms with Crippen molar-refractivity contribution < 1.29 is 43.2 Å². The molecule has 0 aliphatic carbocycles. The van der Waals surface area contributed by atoms with Gasteiger partial charge in [0.2, 0.25) is 0 Å². The lowest BCUT2D eigenvalue weighted by molar-refractivity contribution is -0.296. The number of fused-ring (bicyclic) bond motifs is 2. The second-order valence-corrected chi connectivity index (χ2v) is 16.6. The number of esters is 1. The highest BCUT2D eigenvalue weighted by molar-refractivity contribution is 6.00. The van der Waals surface area contributed by atoms with Crippen LogP contribution in [0.15, 0.2) is 48.7 Å². The van der Waals surface area contributed by atoms with Crippen molar-refractivity contribution >= 4 is 28.4 Å². The second kappa shape index (κ2) is 17.3. The molecular weight excluding hydrogens is 700 g/mol. The summed E-state index contributed by atoms with van der Waals surface area (Å²) in [7, 11) is 3.77. The molecular formula is C44H60N2O9. The Labute approximate surface area is 326 Å². The van der Waals surface area contributed by atoms with Crippen LogP contribution in [0.2, 0.25) is 0 Å². The first-order valence-electron chi connectivity index (χ1n) is 19.6. The zero-order chi connectivity index (χ0) is 40.4. The number of Topliss-reactive ketones (excluding diaryl/α,β-unsaturated/α-hetero) is 2. The van der Waals surface area contributed by atoms with Gasteiger partial charge in [0.25, 0.3) is 0 Å². The number of carbonyl (C=O) groups excluding carboxylic acids is 3. The smallest absolute Gasteiger partial charge is 0.316 e. The monoisotopic (exact) mass is 760 g/mol. The molecule has 5 rings (SSSR count). The topological polar surface area (TPSA) is 134 Å². The number of rotatable bonds is 6. The van der Waals surface area contributed by atoms with Gasteiger partial charge >= 0.3 is 5.97 Å². The van der Waals surface area contributed by atoms with Crippen molar-refractivity contribution in [2.24, 2.45) is 29.6 Å². The van der Waals surface area contributed by atoms with Gasteiger partial charge in [-0.25, -0.2) is 0 Å². The van der Waals surface area contributed by atoms with Crippen LogP contribution in [0, 0.1) is 41.4 Å². The molecule has 300 valence electrons. The molecule has 13 atom stereocenters. The fourth-order valence-electron chi connectivity index (χ4n) is 9.15. The van der Waals surface area contributed by atoms with Gasteiger partial charge in [0.15, 0.2) is 12.1 Å². The lowest BCUT2D eigenvalue weighted by Crippen LogP contribution is -2.59. The molecule has 3 fully saturated rings. The maximum Gasteiger partial charge on any atom is 0.316 e. The van der Waals surface area contributed by atoms with E-state index in [1.807, 2.05) is 90.9 Å². The van der Waals surface area contributed by atoms with Gasteiger partial charge in [0.05, 0.1) is 29.9 Å². The fraction of sp³-hybridized carbons (Fsp3) is 0.636. The number of likely N-dealkylation sites (N-methyl/N-ethyl adjacent to an activating group) is 1. The highest BCUT2D eigenvalue weighted by Gasteiger charge is 2.55. The molecule has 0 radical (unpaired) electrons. The van der Waals surface area contributed by atoms with Crippen molar-refractivity contribution in [1.29, 1.82) is 0 Å². The summed E-state index contributed by atoms with van der Waals surface area (Å²) in [5.41, 5.74) is 0.0227. The third-order valence-corrected chi connectivity index (χ3v) is 12.2. The third-order valence-electron chi connectivity index (χ3n) is 12.2. The number of ketones is 2. The Morgan fingerprint density at radius 2 is 1.78 bits per heavy atom. The highest BCUT2D eigenvalue weighted by Crippen LogP contribution is 2.46. The molecule has 0 bridgehead atoms. The molecule has 11 heteroatoms. The minimum atomic E-state index is -1.34. The first kappa shape index (κ1) is 42.6. The zero-order valence-electron chi connectivity index (χ0n) is 34.2. The molecule has 11 nitrogen and oxygen atoms in total. The minimum Gasteiger partial charge on any atom is -0.459 e.